The molecule has 0 heterocycles. The van der Waals surface area contributed by atoms with Crippen LogP contribution in [0.5, 0.6) is 5.75 Å². The molecule has 0 aliphatic rings. The molecule has 0 fully saturated rings. The van der Waals surface area contributed by atoms with Crippen molar-refractivity contribution >= 4 is 27.5 Å². The summed E-state index contributed by atoms with van der Waals surface area (Å²) in [6.07, 6.45) is 0.361. The summed E-state index contributed by atoms with van der Waals surface area (Å²) < 4.78 is 34.6. The van der Waals surface area contributed by atoms with Crippen LogP contribution in [0.3, 0.4) is 0 Å². The Kier molecular flexibility index (Phi) is 11.2. The highest BCUT2D eigenvalue weighted by atomic mass is 32.2. The predicted molar refractivity (Wildman–Crippen MR) is 167 cm³/mol. The van der Waals surface area contributed by atoms with Crippen LogP contribution in [0.2, 0.25) is 0 Å². The van der Waals surface area contributed by atoms with E-state index in [0.717, 1.165) is 26.6 Å². The fraction of sp³-hybridized carbons (Fsp3) is 0.394. The van der Waals surface area contributed by atoms with Crippen molar-refractivity contribution in [2.24, 2.45) is 5.92 Å². The van der Waals surface area contributed by atoms with Crippen molar-refractivity contribution in [1.82, 2.24) is 10.2 Å². The third kappa shape index (κ3) is 8.35. The maximum absolute atomic E-state index is 14.2. The number of benzene rings is 3. The van der Waals surface area contributed by atoms with Gasteiger partial charge in [0.15, 0.2) is 0 Å². The fourth-order valence-corrected chi connectivity index (χ4v) is 6.13. The van der Waals surface area contributed by atoms with Crippen LogP contribution in [0.15, 0.2) is 71.6 Å². The molecular weight excluding hydrogens is 550 g/mol. The van der Waals surface area contributed by atoms with E-state index in [0.29, 0.717) is 24.4 Å². The van der Waals surface area contributed by atoms with Crippen LogP contribution in [0, 0.1) is 26.7 Å². The lowest BCUT2D eigenvalue weighted by atomic mass is 10.1. The topological polar surface area (TPSA) is 96.0 Å². The minimum atomic E-state index is -4.12. The molecule has 2 amide bonds. The SMILES string of the molecule is CC[C@@H](C(=O)NCC(C)C)N(Cc1ccc(OC)cc1)C(=O)CN(c1cc(C)cc(C)c1)S(=O)(=O)c1ccc(C)cc1. The van der Waals surface area contributed by atoms with E-state index in [-0.39, 0.29) is 23.3 Å². The molecule has 0 aromatic heterocycles. The van der Waals surface area contributed by atoms with Gasteiger partial charge < -0.3 is 15.0 Å². The summed E-state index contributed by atoms with van der Waals surface area (Å²) in [4.78, 5) is 29.1. The van der Waals surface area contributed by atoms with Crippen molar-refractivity contribution in [2.75, 3.05) is 24.5 Å². The average Bonchev–Trinajstić information content (AvgIpc) is 2.94. The average molecular weight is 594 g/mol. The molecule has 0 unspecified atom stereocenters. The number of amides is 2. The lowest BCUT2D eigenvalue weighted by Gasteiger charge is -2.33. The highest BCUT2D eigenvalue weighted by Gasteiger charge is 2.34. The van der Waals surface area contributed by atoms with Gasteiger partial charge in [-0.25, -0.2) is 8.42 Å². The second-order valence-electron chi connectivity index (χ2n) is 11.1. The first kappa shape index (κ1) is 32.7. The Morgan fingerprint density at radius 3 is 2.00 bits per heavy atom. The molecule has 3 aromatic rings. The number of carbonyl (C=O) groups is 2. The Morgan fingerprint density at radius 2 is 1.48 bits per heavy atom. The molecule has 0 aliphatic heterocycles. The summed E-state index contributed by atoms with van der Waals surface area (Å²) in [5, 5.41) is 2.95. The van der Waals surface area contributed by atoms with Crippen molar-refractivity contribution in [3.63, 3.8) is 0 Å². The summed E-state index contributed by atoms with van der Waals surface area (Å²) >= 11 is 0. The van der Waals surface area contributed by atoms with E-state index in [1.807, 2.05) is 59.7 Å². The highest BCUT2D eigenvalue weighted by Crippen LogP contribution is 2.27. The second-order valence-corrected chi connectivity index (χ2v) is 13.0. The van der Waals surface area contributed by atoms with Crippen molar-refractivity contribution < 1.29 is 22.7 Å². The number of carbonyl (C=O) groups excluding carboxylic acids is 2. The Bertz CT molecular complexity index is 1450. The second kappa shape index (κ2) is 14.4. The Balaban J connectivity index is 2.07. The molecule has 0 aliphatic carbocycles. The van der Waals surface area contributed by atoms with E-state index < -0.39 is 28.5 Å². The quantitative estimate of drug-likeness (QED) is 0.287. The zero-order valence-electron chi connectivity index (χ0n) is 25.7. The van der Waals surface area contributed by atoms with Crippen molar-refractivity contribution in [1.29, 1.82) is 0 Å². The molecule has 0 saturated carbocycles. The zero-order valence-corrected chi connectivity index (χ0v) is 26.5. The first-order valence-corrected chi connectivity index (χ1v) is 15.7. The molecule has 0 radical (unpaired) electrons. The van der Waals surface area contributed by atoms with Gasteiger partial charge in [-0.3, -0.25) is 13.9 Å². The molecule has 42 heavy (non-hydrogen) atoms. The van der Waals surface area contributed by atoms with E-state index >= 15 is 0 Å². The summed E-state index contributed by atoms with van der Waals surface area (Å²) in [5.74, 6) is 0.153. The van der Waals surface area contributed by atoms with Crippen LogP contribution in [-0.2, 0) is 26.2 Å². The number of nitrogens with one attached hydrogen (secondary N) is 1. The van der Waals surface area contributed by atoms with Gasteiger partial charge in [0.25, 0.3) is 10.0 Å². The summed E-state index contributed by atoms with van der Waals surface area (Å²) in [5.41, 5.74) is 3.85. The molecule has 1 N–H and O–H groups in total. The number of anilines is 1. The number of methoxy groups -OCH3 is 1. The van der Waals surface area contributed by atoms with E-state index in [4.69, 9.17) is 4.74 Å². The van der Waals surface area contributed by atoms with Gasteiger partial charge in [0.1, 0.15) is 18.3 Å². The Morgan fingerprint density at radius 1 is 0.881 bits per heavy atom. The maximum atomic E-state index is 14.2. The number of hydrogen-bond acceptors (Lipinski definition) is 5. The summed E-state index contributed by atoms with van der Waals surface area (Å²) in [7, 11) is -2.54. The predicted octanol–water partition coefficient (Wildman–Crippen LogP) is 5.40. The molecule has 0 saturated heterocycles. The van der Waals surface area contributed by atoms with Crippen LogP contribution < -0.4 is 14.4 Å². The molecule has 3 rings (SSSR count). The van der Waals surface area contributed by atoms with Crippen molar-refractivity contribution in [3.8, 4) is 5.75 Å². The van der Waals surface area contributed by atoms with Gasteiger partial charge in [0.05, 0.1) is 17.7 Å². The smallest absolute Gasteiger partial charge is 0.264 e. The monoisotopic (exact) mass is 593 g/mol. The molecule has 0 spiro atoms. The number of hydrogen-bond donors (Lipinski definition) is 1. The summed E-state index contributed by atoms with van der Waals surface area (Å²) in [6.45, 7) is 11.6. The third-order valence-corrected chi connectivity index (χ3v) is 8.75. The van der Waals surface area contributed by atoms with E-state index in [2.05, 4.69) is 5.32 Å². The van der Waals surface area contributed by atoms with E-state index in [1.165, 1.54) is 4.90 Å². The van der Waals surface area contributed by atoms with E-state index in [1.54, 1.807) is 55.6 Å². The number of nitrogens with zero attached hydrogens (tertiary/aromatic N) is 2. The molecule has 0 bridgehead atoms. The zero-order chi connectivity index (χ0) is 31.0. The van der Waals surface area contributed by atoms with Gasteiger partial charge in [-0.05, 0) is 86.2 Å². The van der Waals surface area contributed by atoms with Gasteiger partial charge in [0, 0.05) is 13.1 Å². The third-order valence-electron chi connectivity index (χ3n) is 6.96. The van der Waals surface area contributed by atoms with Crippen LogP contribution >= 0.6 is 0 Å². The summed E-state index contributed by atoms with van der Waals surface area (Å²) in [6, 6.07) is 18.5. The van der Waals surface area contributed by atoms with Crippen molar-refractivity contribution in [2.45, 2.75) is 65.4 Å². The number of sulfonamides is 1. The first-order chi connectivity index (χ1) is 19.8. The van der Waals surface area contributed by atoms with Crippen LogP contribution in [0.1, 0.15) is 49.4 Å². The maximum Gasteiger partial charge on any atom is 0.264 e. The molecular formula is C33H43N3O5S. The molecule has 8 nitrogen and oxygen atoms in total. The largest absolute Gasteiger partial charge is 0.497 e. The van der Waals surface area contributed by atoms with Gasteiger partial charge in [-0.15, -0.1) is 0 Å². The molecule has 226 valence electrons. The Labute approximate surface area is 250 Å². The first-order valence-electron chi connectivity index (χ1n) is 14.2. The van der Waals surface area contributed by atoms with Gasteiger partial charge in [-0.2, -0.15) is 0 Å². The fourth-order valence-electron chi connectivity index (χ4n) is 4.73. The highest BCUT2D eigenvalue weighted by molar-refractivity contribution is 7.92. The van der Waals surface area contributed by atoms with Gasteiger partial charge in [-0.1, -0.05) is 56.7 Å². The van der Waals surface area contributed by atoms with Gasteiger partial charge >= 0.3 is 0 Å². The minimum absolute atomic E-state index is 0.0866. The van der Waals surface area contributed by atoms with Gasteiger partial charge in [0.2, 0.25) is 11.8 Å². The Hall–Kier alpha value is -3.85. The molecule has 9 heteroatoms. The lowest BCUT2D eigenvalue weighted by molar-refractivity contribution is -0.140. The lowest BCUT2D eigenvalue weighted by Crippen LogP contribution is -2.52. The van der Waals surface area contributed by atoms with Crippen molar-refractivity contribution in [3.05, 3.63) is 89.0 Å². The molecule has 1 atom stereocenters. The number of aryl methyl sites for hydroxylation is 3. The van der Waals surface area contributed by atoms with Crippen LogP contribution in [-0.4, -0.2) is 51.4 Å². The standard InChI is InChI=1S/C33H43N3O5S/c1-8-31(33(38)34-20-23(2)3)35(21-27-11-13-29(41-7)14-12-27)32(37)22-36(28-18-25(5)17-26(6)19-28)42(39,40)30-15-9-24(4)10-16-30/h9-19,23,31H,8,20-22H2,1-7H3,(H,34,38)/t31-/m0/s1. The van der Waals surface area contributed by atoms with E-state index in [9.17, 15) is 18.0 Å². The number of ether oxygens (including phenoxy) is 1. The van der Waals surface area contributed by atoms with Crippen LogP contribution in [0.4, 0.5) is 5.69 Å². The van der Waals surface area contributed by atoms with Crippen LogP contribution in [0.25, 0.3) is 0 Å². The minimum Gasteiger partial charge on any atom is -0.497 e. The normalized spacial score (nSPS) is 12.1. The molecule has 3 aromatic carbocycles. The number of rotatable bonds is 13.